The molecule has 1 N–H and O–H groups in total. The highest BCUT2D eigenvalue weighted by molar-refractivity contribution is 5.68. The van der Waals surface area contributed by atoms with E-state index in [0.717, 1.165) is 29.4 Å². The molecule has 0 saturated carbocycles. The maximum Gasteiger partial charge on any atom is 0.200 e. The first-order valence-electron chi connectivity index (χ1n) is 7.89. The van der Waals surface area contributed by atoms with E-state index in [1.165, 1.54) is 5.56 Å². The number of nitrogens with zero attached hydrogens (tertiary/aromatic N) is 1. The second-order valence-electron chi connectivity index (χ2n) is 6.00. The quantitative estimate of drug-likeness (QED) is 0.858. The number of benzene rings is 1. The first-order valence-corrected chi connectivity index (χ1v) is 7.89. The number of rotatable bonds is 4. The first-order chi connectivity index (χ1) is 10.7. The minimum atomic E-state index is 0.567. The predicted molar refractivity (Wildman–Crippen MR) is 90.8 cm³/mol. The second kappa shape index (κ2) is 6.22. The molecule has 1 aromatic carbocycles. The third-order valence-corrected chi connectivity index (χ3v) is 4.12. The van der Waals surface area contributed by atoms with E-state index in [4.69, 9.17) is 4.74 Å². The Morgan fingerprint density at radius 2 is 2.09 bits per heavy atom. The molecule has 114 valence electrons. The van der Waals surface area contributed by atoms with E-state index in [1.54, 1.807) is 6.20 Å². The number of hydrogen-bond donors (Lipinski definition) is 1. The largest absolute Gasteiger partial charge is 0.439 e. The fourth-order valence-electron chi connectivity index (χ4n) is 2.99. The lowest BCUT2D eigenvalue weighted by Crippen LogP contribution is -2.05. The van der Waals surface area contributed by atoms with Crippen LogP contribution in [0.25, 0.3) is 6.08 Å². The molecule has 0 fully saturated rings. The molecule has 2 heterocycles. The van der Waals surface area contributed by atoms with Crippen molar-refractivity contribution in [3.05, 3.63) is 59.7 Å². The summed E-state index contributed by atoms with van der Waals surface area (Å²) in [5, 5.41) is 3.30. The lowest BCUT2D eigenvalue weighted by Gasteiger charge is -2.19. The van der Waals surface area contributed by atoms with Crippen molar-refractivity contribution in [1.82, 2.24) is 4.98 Å². The van der Waals surface area contributed by atoms with Crippen LogP contribution in [-0.4, -0.2) is 4.98 Å². The SMILES string of the molecule is CCC(c1ccc2c(c1)O/C(=C/c1ccccn1)N2)C(C)C. The van der Waals surface area contributed by atoms with Crippen molar-refractivity contribution < 1.29 is 4.74 Å². The number of ether oxygens (including phenoxy) is 1. The molecule has 0 radical (unpaired) electrons. The van der Waals surface area contributed by atoms with Crippen LogP contribution in [0.3, 0.4) is 0 Å². The van der Waals surface area contributed by atoms with E-state index in [2.05, 4.69) is 49.3 Å². The Hall–Kier alpha value is -2.29. The molecule has 1 unspecified atom stereocenters. The molecule has 3 nitrogen and oxygen atoms in total. The van der Waals surface area contributed by atoms with Crippen LogP contribution in [0.5, 0.6) is 5.75 Å². The van der Waals surface area contributed by atoms with Crippen LogP contribution in [-0.2, 0) is 0 Å². The molecular weight excluding hydrogens is 272 g/mol. The summed E-state index contributed by atoms with van der Waals surface area (Å²) in [6, 6.07) is 12.3. The van der Waals surface area contributed by atoms with Crippen LogP contribution >= 0.6 is 0 Å². The van der Waals surface area contributed by atoms with Crippen molar-refractivity contribution in [3.8, 4) is 5.75 Å². The van der Waals surface area contributed by atoms with Gasteiger partial charge in [-0.05, 0) is 48.1 Å². The average molecular weight is 294 g/mol. The molecule has 1 aliphatic heterocycles. The van der Waals surface area contributed by atoms with Crippen LogP contribution in [0, 0.1) is 5.92 Å². The van der Waals surface area contributed by atoms with E-state index >= 15 is 0 Å². The molecule has 2 aromatic rings. The molecule has 0 amide bonds. The summed E-state index contributed by atoms with van der Waals surface area (Å²) in [5.74, 6) is 2.82. The topological polar surface area (TPSA) is 34.1 Å². The van der Waals surface area contributed by atoms with Crippen LogP contribution in [0.2, 0.25) is 0 Å². The van der Waals surface area contributed by atoms with Gasteiger partial charge in [0.25, 0.3) is 0 Å². The minimum Gasteiger partial charge on any atom is -0.439 e. The van der Waals surface area contributed by atoms with Crippen LogP contribution in [0.4, 0.5) is 5.69 Å². The van der Waals surface area contributed by atoms with Gasteiger partial charge < -0.3 is 10.1 Å². The molecular formula is C19H22N2O. The number of pyridine rings is 1. The van der Waals surface area contributed by atoms with Crippen molar-refractivity contribution in [2.45, 2.75) is 33.1 Å². The number of anilines is 1. The van der Waals surface area contributed by atoms with Gasteiger partial charge in [-0.25, -0.2) is 0 Å². The van der Waals surface area contributed by atoms with Gasteiger partial charge in [0.15, 0.2) is 11.6 Å². The highest BCUT2D eigenvalue weighted by Gasteiger charge is 2.20. The summed E-state index contributed by atoms with van der Waals surface area (Å²) < 4.78 is 5.94. The van der Waals surface area contributed by atoms with Gasteiger partial charge >= 0.3 is 0 Å². The lowest BCUT2D eigenvalue weighted by atomic mass is 9.86. The van der Waals surface area contributed by atoms with E-state index in [-0.39, 0.29) is 0 Å². The van der Waals surface area contributed by atoms with Gasteiger partial charge in [-0.3, -0.25) is 4.98 Å². The highest BCUT2D eigenvalue weighted by Crippen LogP contribution is 2.38. The Bertz CT molecular complexity index is 677. The van der Waals surface area contributed by atoms with Crippen LogP contribution < -0.4 is 10.1 Å². The van der Waals surface area contributed by atoms with Gasteiger partial charge in [0.05, 0.1) is 11.4 Å². The number of fused-ring (bicyclic) bond motifs is 1. The summed E-state index contributed by atoms with van der Waals surface area (Å²) >= 11 is 0. The minimum absolute atomic E-state index is 0.567. The zero-order chi connectivity index (χ0) is 15.5. The summed E-state index contributed by atoms with van der Waals surface area (Å²) in [5.41, 5.74) is 3.24. The van der Waals surface area contributed by atoms with Crippen LogP contribution in [0.1, 0.15) is 44.4 Å². The van der Waals surface area contributed by atoms with Gasteiger partial charge in [-0.1, -0.05) is 32.9 Å². The van der Waals surface area contributed by atoms with Gasteiger partial charge in [-0.2, -0.15) is 0 Å². The van der Waals surface area contributed by atoms with E-state index in [0.29, 0.717) is 11.8 Å². The third kappa shape index (κ3) is 2.98. The first kappa shape index (κ1) is 14.6. The lowest BCUT2D eigenvalue weighted by molar-refractivity contribution is 0.455. The van der Waals surface area contributed by atoms with Gasteiger partial charge in [0.1, 0.15) is 0 Å². The summed E-state index contributed by atoms with van der Waals surface area (Å²) in [4.78, 5) is 4.29. The van der Waals surface area contributed by atoms with E-state index in [1.807, 2.05) is 24.3 Å². The van der Waals surface area contributed by atoms with Gasteiger partial charge in [0.2, 0.25) is 0 Å². The Kier molecular flexibility index (Phi) is 4.14. The molecule has 3 rings (SSSR count). The monoisotopic (exact) mass is 294 g/mol. The molecule has 0 saturated heterocycles. The number of nitrogens with one attached hydrogen (secondary N) is 1. The molecule has 22 heavy (non-hydrogen) atoms. The summed E-state index contributed by atoms with van der Waals surface area (Å²) in [6.07, 6.45) is 4.83. The van der Waals surface area contributed by atoms with Crippen molar-refractivity contribution in [1.29, 1.82) is 0 Å². The van der Waals surface area contributed by atoms with Gasteiger partial charge in [0, 0.05) is 12.3 Å². The fourth-order valence-corrected chi connectivity index (χ4v) is 2.99. The van der Waals surface area contributed by atoms with E-state index < -0.39 is 0 Å². The smallest absolute Gasteiger partial charge is 0.200 e. The number of hydrogen-bond acceptors (Lipinski definition) is 3. The third-order valence-electron chi connectivity index (χ3n) is 4.12. The Balaban J connectivity index is 1.83. The fraction of sp³-hybridized carbons (Fsp3) is 0.316. The summed E-state index contributed by atoms with van der Waals surface area (Å²) in [6.45, 7) is 6.78. The molecule has 1 aromatic heterocycles. The zero-order valence-corrected chi connectivity index (χ0v) is 13.3. The van der Waals surface area contributed by atoms with Crippen molar-refractivity contribution in [2.75, 3.05) is 5.32 Å². The standard InChI is InChI=1S/C19H22N2O/c1-4-16(13(2)3)14-8-9-17-18(11-14)22-19(21-17)12-15-7-5-6-10-20-15/h5-13,16,21H,4H2,1-3H3/b19-12+. The van der Waals surface area contributed by atoms with Crippen molar-refractivity contribution in [3.63, 3.8) is 0 Å². The Morgan fingerprint density at radius 1 is 1.23 bits per heavy atom. The van der Waals surface area contributed by atoms with E-state index in [9.17, 15) is 0 Å². The predicted octanol–water partition coefficient (Wildman–Crippen LogP) is 5.03. The van der Waals surface area contributed by atoms with Crippen LogP contribution in [0.15, 0.2) is 48.5 Å². The van der Waals surface area contributed by atoms with Gasteiger partial charge in [-0.15, -0.1) is 0 Å². The molecule has 0 bridgehead atoms. The molecule has 1 aliphatic rings. The average Bonchev–Trinajstić information content (AvgIpc) is 2.90. The maximum absolute atomic E-state index is 5.94. The van der Waals surface area contributed by atoms with Crippen molar-refractivity contribution in [2.24, 2.45) is 5.92 Å². The Morgan fingerprint density at radius 3 is 2.77 bits per heavy atom. The highest BCUT2D eigenvalue weighted by atomic mass is 16.5. The molecule has 0 spiro atoms. The number of aromatic nitrogens is 1. The second-order valence-corrected chi connectivity index (χ2v) is 6.00. The maximum atomic E-state index is 5.94. The normalized spacial score (nSPS) is 16.3. The molecule has 1 atom stereocenters. The zero-order valence-electron chi connectivity index (χ0n) is 13.3. The summed E-state index contributed by atoms with van der Waals surface area (Å²) in [7, 11) is 0. The Labute approximate surface area is 132 Å². The molecule has 0 aliphatic carbocycles. The van der Waals surface area contributed by atoms with Crippen molar-refractivity contribution >= 4 is 11.8 Å². The molecule has 3 heteroatoms.